The molecule has 1 saturated heterocycles. The molecule has 2 fully saturated rings. The van der Waals surface area contributed by atoms with Gasteiger partial charge in [-0.2, -0.15) is 0 Å². The van der Waals surface area contributed by atoms with Crippen molar-refractivity contribution in [1.82, 2.24) is 10.2 Å². The Balaban J connectivity index is 1.95. The molecule has 0 aromatic heterocycles. The second-order valence-electron chi connectivity index (χ2n) is 5.78. The highest BCUT2D eigenvalue weighted by atomic mass is 15.2. The summed E-state index contributed by atoms with van der Waals surface area (Å²) in [5.74, 6) is 0. The zero-order valence-corrected chi connectivity index (χ0v) is 9.84. The van der Waals surface area contributed by atoms with E-state index in [4.69, 9.17) is 0 Å². The molecular formula is C12H24N2. The summed E-state index contributed by atoms with van der Waals surface area (Å²) in [7, 11) is 2.12. The quantitative estimate of drug-likeness (QED) is 0.725. The number of likely N-dealkylation sites (tertiary alicyclic amines) is 1. The molecule has 1 aliphatic heterocycles. The van der Waals surface area contributed by atoms with Crippen LogP contribution in [0.5, 0.6) is 0 Å². The first-order valence-electron chi connectivity index (χ1n) is 6.04. The van der Waals surface area contributed by atoms with Crippen molar-refractivity contribution in [3.63, 3.8) is 0 Å². The van der Waals surface area contributed by atoms with Crippen LogP contribution in [0.3, 0.4) is 0 Å². The lowest BCUT2D eigenvalue weighted by molar-refractivity contribution is 0.195. The normalized spacial score (nSPS) is 37.9. The van der Waals surface area contributed by atoms with E-state index in [0.717, 1.165) is 12.1 Å². The van der Waals surface area contributed by atoms with Gasteiger partial charge >= 0.3 is 0 Å². The van der Waals surface area contributed by atoms with Crippen LogP contribution in [-0.4, -0.2) is 37.1 Å². The lowest BCUT2D eigenvalue weighted by Gasteiger charge is -2.30. The fourth-order valence-electron chi connectivity index (χ4n) is 3.15. The van der Waals surface area contributed by atoms with Gasteiger partial charge in [-0.15, -0.1) is 0 Å². The maximum atomic E-state index is 3.48. The van der Waals surface area contributed by atoms with Gasteiger partial charge in [-0.3, -0.25) is 4.90 Å². The number of hydrogen-bond donors (Lipinski definition) is 1. The lowest BCUT2D eigenvalue weighted by atomic mass is 9.93. The Hall–Kier alpha value is -0.0800. The summed E-state index contributed by atoms with van der Waals surface area (Å²) in [4.78, 5) is 2.72. The monoisotopic (exact) mass is 196 g/mol. The average Bonchev–Trinajstić information content (AvgIpc) is 2.70. The smallest absolute Gasteiger partial charge is 0.0249 e. The predicted molar refractivity (Wildman–Crippen MR) is 60.5 cm³/mol. The minimum Gasteiger partial charge on any atom is -0.315 e. The molecule has 1 heterocycles. The van der Waals surface area contributed by atoms with Crippen molar-refractivity contribution >= 4 is 0 Å². The third kappa shape index (κ3) is 1.96. The summed E-state index contributed by atoms with van der Waals surface area (Å²) in [6, 6.07) is 1.57. The molecule has 2 aliphatic rings. The molecule has 14 heavy (non-hydrogen) atoms. The molecule has 2 nitrogen and oxygen atoms in total. The van der Waals surface area contributed by atoms with E-state index in [1.54, 1.807) is 0 Å². The molecule has 1 saturated carbocycles. The molecular weight excluding hydrogens is 172 g/mol. The van der Waals surface area contributed by atoms with Crippen molar-refractivity contribution in [2.24, 2.45) is 5.41 Å². The van der Waals surface area contributed by atoms with Gasteiger partial charge < -0.3 is 5.32 Å². The Morgan fingerprint density at radius 3 is 2.64 bits per heavy atom. The van der Waals surface area contributed by atoms with E-state index < -0.39 is 0 Å². The van der Waals surface area contributed by atoms with Gasteiger partial charge in [-0.1, -0.05) is 20.3 Å². The number of nitrogens with one attached hydrogen (secondary N) is 1. The van der Waals surface area contributed by atoms with E-state index in [1.165, 1.54) is 38.8 Å². The second-order valence-corrected chi connectivity index (χ2v) is 5.78. The van der Waals surface area contributed by atoms with Crippen LogP contribution >= 0.6 is 0 Å². The Labute approximate surface area is 88.1 Å². The molecule has 0 radical (unpaired) electrons. The van der Waals surface area contributed by atoms with Gasteiger partial charge in [0, 0.05) is 18.6 Å². The standard InChI is InChI=1S/C12H24N2/c1-12(2)7-8-14(9-12)11-6-4-5-10(11)13-3/h10-11,13H,4-9H2,1-3H3. The predicted octanol–water partition coefficient (Wildman–Crippen LogP) is 1.86. The largest absolute Gasteiger partial charge is 0.315 e. The Kier molecular flexibility index (Phi) is 2.85. The van der Waals surface area contributed by atoms with Gasteiger partial charge in [0.15, 0.2) is 0 Å². The number of hydrogen-bond acceptors (Lipinski definition) is 2. The van der Waals surface area contributed by atoms with Gasteiger partial charge in [0.05, 0.1) is 0 Å². The van der Waals surface area contributed by atoms with Crippen LogP contribution in [0.2, 0.25) is 0 Å². The van der Waals surface area contributed by atoms with E-state index in [2.05, 4.69) is 31.1 Å². The van der Waals surface area contributed by atoms with Crippen LogP contribution < -0.4 is 5.32 Å². The molecule has 0 aromatic rings. The van der Waals surface area contributed by atoms with Crippen molar-refractivity contribution in [2.75, 3.05) is 20.1 Å². The SMILES string of the molecule is CNC1CCCC1N1CCC(C)(C)C1. The molecule has 0 aromatic carbocycles. The van der Waals surface area contributed by atoms with Crippen LogP contribution in [-0.2, 0) is 0 Å². The van der Waals surface area contributed by atoms with Crippen molar-refractivity contribution in [2.45, 2.75) is 51.6 Å². The minimum atomic E-state index is 0.556. The van der Waals surface area contributed by atoms with Gasteiger partial charge in [-0.25, -0.2) is 0 Å². The molecule has 0 bridgehead atoms. The highest BCUT2D eigenvalue weighted by Gasteiger charge is 2.37. The number of nitrogens with zero attached hydrogens (tertiary/aromatic N) is 1. The average molecular weight is 196 g/mol. The number of likely N-dealkylation sites (N-methyl/N-ethyl adjacent to an activating group) is 1. The highest BCUT2D eigenvalue weighted by Crippen LogP contribution is 2.34. The van der Waals surface area contributed by atoms with Crippen molar-refractivity contribution < 1.29 is 0 Å². The molecule has 1 N–H and O–H groups in total. The van der Waals surface area contributed by atoms with Crippen LogP contribution in [0.15, 0.2) is 0 Å². The van der Waals surface area contributed by atoms with Crippen LogP contribution in [0.25, 0.3) is 0 Å². The Morgan fingerprint density at radius 2 is 2.07 bits per heavy atom. The van der Waals surface area contributed by atoms with Gasteiger partial charge in [-0.05, 0) is 38.3 Å². The summed E-state index contributed by atoms with van der Waals surface area (Å²) in [5.41, 5.74) is 0.556. The first-order valence-corrected chi connectivity index (χ1v) is 6.04. The van der Waals surface area contributed by atoms with E-state index >= 15 is 0 Å². The van der Waals surface area contributed by atoms with E-state index in [-0.39, 0.29) is 0 Å². The third-order valence-corrected chi connectivity index (χ3v) is 4.03. The maximum absolute atomic E-state index is 3.48. The molecule has 0 amide bonds. The summed E-state index contributed by atoms with van der Waals surface area (Å²) >= 11 is 0. The fraction of sp³-hybridized carbons (Fsp3) is 1.00. The topological polar surface area (TPSA) is 15.3 Å². The second kappa shape index (κ2) is 3.82. The summed E-state index contributed by atoms with van der Waals surface area (Å²) < 4.78 is 0. The summed E-state index contributed by atoms with van der Waals surface area (Å²) in [6.07, 6.45) is 5.56. The zero-order valence-electron chi connectivity index (χ0n) is 9.84. The zero-order chi connectivity index (χ0) is 10.2. The van der Waals surface area contributed by atoms with E-state index in [9.17, 15) is 0 Å². The fourth-order valence-corrected chi connectivity index (χ4v) is 3.15. The summed E-state index contributed by atoms with van der Waals surface area (Å²) in [5, 5.41) is 3.48. The molecule has 2 heteroatoms. The highest BCUT2D eigenvalue weighted by molar-refractivity contribution is 4.94. The molecule has 2 rings (SSSR count). The van der Waals surface area contributed by atoms with E-state index in [1.807, 2.05) is 0 Å². The van der Waals surface area contributed by atoms with Gasteiger partial charge in [0.1, 0.15) is 0 Å². The third-order valence-electron chi connectivity index (χ3n) is 4.03. The first kappa shape index (κ1) is 10.4. The molecule has 2 atom stereocenters. The molecule has 82 valence electrons. The van der Waals surface area contributed by atoms with Crippen molar-refractivity contribution in [1.29, 1.82) is 0 Å². The van der Waals surface area contributed by atoms with Crippen LogP contribution in [0, 0.1) is 5.41 Å². The molecule has 1 aliphatic carbocycles. The van der Waals surface area contributed by atoms with E-state index in [0.29, 0.717) is 5.41 Å². The van der Waals surface area contributed by atoms with Crippen molar-refractivity contribution in [3.05, 3.63) is 0 Å². The maximum Gasteiger partial charge on any atom is 0.0249 e. The number of rotatable bonds is 2. The Bertz CT molecular complexity index is 200. The minimum absolute atomic E-state index is 0.556. The van der Waals surface area contributed by atoms with Gasteiger partial charge in [0.25, 0.3) is 0 Å². The van der Waals surface area contributed by atoms with Crippen LogP contribution in [0.1, 0.15) is 39.5 Å². The first-order chi connectivity index (χ1) is 6.62. The summed E-state index contributed by atoms with van der Waals surface area (Å²) in [6.45, 7) is 7.42. The lowest BCUT2D eigenvalue weighted by Crippen LogP contribution is -2.45. The Morgan fingerprint density at radius 1 is 1.29 bits per heavy atom. The molecule has 0 spiro atoms. The van der Waals surface area contributed by atoms with Crippen molar-refractivity contribution in [3.8, 4) is 0 Å². The van der Waals surface area contributed by atoms with Crippen LogP contribution in [0.4, 0.5) is 0 Å². The van der Waals surface area contributed by atoms with Gasteiger partial charge in [0.2, 0.25) is 0 Å². The molecule has 2 unspecified atom stereocenters.